The third kappa shape index (κ3) is 3.84. The van der Waals surface area contributed by atoms with Crippen molar-refractivity contribution in [1.29, 1.82) is 0 Å². The summed E-state index contributed by atoms with van der Waals surface area (Å²) in [7, 11) is 0. The summed E-state index contributed by atoms with van der Waals surface area (Å²) in [6, 6.07) is 7.98. The highest BCUT2D eigenvalue weighted by atomic mass is 35.5. The Kier molecular flexibility index (Phi) is 5.62. The van der Waals surface area contributed by atoms with Gasteiger partial charge in [0.2, 0.25) is 0 Å². The number of anilines is 1. The van der Waals surface area contributed by atoms with E-state index >= 15 is 0 Å². The number of nitrogens with one attached hydrogen (secondary N) is 1. The van der Waals surface area contributed by atoms with Crippen molar-refractivity contribution in [2.75, 3.05) is 18.5 Å². The molecule has 0 spiro atoms. The lowest BCUT2D eigenvalue weighted by molar-refractivity contribution is 0.283. The second-order valence-corrected chi connectivity index (χ2v) is 5.41. The van der Waals surface area contributed by atoms with Crippen molar-refractivity contribution in [3.8, 4) is 0 Å². The molecule has 0 aliphatic carbocycles. The smallest absolute Gasteiger partial charge is 0.126 e. The van der Waals surface area contributed by atoms with Crippen molar-refractivity contribution in [2.24, 2.45) is 0 Å². The number of fused-ring (bicyclic) bond motifs is 1. The van der Waals surface area contributed by atoms with E-state index in [4.69, 9.17) is 16.7 Å². The maximum atomic E-state index is 8.71. The van der Waals surface area contributed by atoms with Crippen molar-refractivity contribution >= 4 is 28.3 Å². The van der Waals surface area contributed by atoms with E-state index in [1.165, 1.54) is 0 Å². The summed E-state index contributed by atoms with van der Waals surface area (Å²) in [5, 5.41) is 13.9. The maximum Gasteiger partial charge on any atom is 0.126 e. The number of hydrogen-bond donors (Lipinski definition) is 2. The fraction of sp³-hybridized carbons (Fsp3) is 0.438. The molecule has 108 valence electrons. The van der Waals surface area contributed by atoms with E-state index in [1.807, 2.05) is 25.1 Å². The Morgan fingerprint density at radius 1 is 1.10 bits per heavy atom. The number of hydrogen-bond acceptors (Lipinski definition) is 3. The second kappa shape index (κ2) is 7.46. The van der Waals surface area contributed by atoms with Gasteiger partial charge in [-0.25, -0.2) is 4.98 Å². The van der Waals surface area contributed by atoms with Crippen LogP contribution in [0.2, 0.25) is 5.02 Å². The fourth-order valence-electron chi connectivity index (χ4n) is 2.21. The molecule has 3 nitrogen and oxygen atoms in total. The lowest BCUT2D eigenvalue weighted by atomic mass is 10.1. The van der Waals surface area contributed by atoms with Gasteiger partial charge in [-0.05, 0) is 43.5 Å². The van der Waals surface area contributed by atoms with Crippen LogP contribution in [0.4, 0.5) is 5.82 Å². The number of pyridine rings is 1. The highest BCUT2D eigenvalue weighted by molar-refractivity contribution is 6.32. The Morgan fingerprint density at radius 3 is 2.65 bits per heavy atom. The number of aromatic nitrogens is 1. The standard InChI is InChI=1S/C16H21ClN2O/c1-12-14(17)8-6-13-7-9-15(19-16(12)13)18-10-4-2-3-5-11-20/h6-9,20H,2-5,10-11H2,1H3,(H,18,19). The molecular formula is C16H21ClN2O. The highest BCUT2D eigenvalue weighted by Gasteiger charge is 2.04. The van der Waals surface area contributed by atoms with Crippen molar-refractivity contribution in [3.05, 3.63) is 34.9 Å². The van der Waals surface area contributed by atoms with Gasteiger partial charge in [0.15, 0.2) is 0 Å². The van der Waals surface area contributed by atoms with Crippen molar-refractivity contribution in [1.82, 2.24) is 4.98 Å². The first kappa shape index (κ1) is 15.1. The topological polar surface area (TPSA) is 45.1 Å². The molecule has 1 aromatic heterocycles. The van der Waals surface area contributed by atoms with Gasteiger partial charge in [-0.15, -0.1) is 0 Å². The molecule has 0 bridgehead atoms. The molecule has 20 heavy (non-hydrogen) atoms. The Bertz CT molecular complexity index is 572. The number of rotatable bonds is 7. The molecule has 0 fully saturated rings. The van der Waals surface area contributed by atoms with Gasteiger partial charge in [0.05, 0.1) is 5.52 Å². The van der Waals surface area contributed by atoms with Gasteiger partial charge in [-0.3, -0.25) is 0 Å². The predicted molar refractivity (Wildman–Crippen MR) is 85.5 cm³/mol. The number of aliphatic hydroxyl groups is 1. The summed E-state index contributed by atoms with van der Waals surface area (Å²) in [5.74, 6) is 0.894. The summed E-state index contributed by atoms with van der Waals surface area (Å²) in [4.78, 5) is 4.63. The first-order valence-electron chi connectivity index (χ1n) is 7.13. The summed E-state index contributed by atoms with van der Waals surface area (Å²) in [6.45, 7) is 3.19. The molecule has 0 unspecified atom stereocenters. The maximum absolute atomic E-state index is 8.71. The van der Waals surface area contributed by atoms with Gasteiger partial charge in [0.1, 0.15) is 5.82 Å². The normalized spacial score (nSPS) is 10.9. The van der Waals surface area contributed by atoms with Gasteiger partial charge in [-0.1, -0.05) is 30.5 Å². The highest BCUT2D eigenvalue weighted by Crippen LogP contribution is 2.25. The number of halogens is 1. The summed E-state index contributed by atoms with van der Waals surface area (Å²) in [5.41, 5.74) is 1.98. The minimum Gasteiger partial charge on any atom is -0.396 e. The Balaban J connectivity index is 1.96. The summed E-state index contributed by atoms with van der Waals surface area (Å²) >= 11 is 6.13. The monoisotopic (exact) mass is 292 g/mol. The quantitative estimate of drug-likeness (QED) is 0.753. The number of aliphatic hydroxyl groups excluding tert-OH is 1. The molecule has 0 amide bonds. The lowest BCUT2D eigenvalue weighted by Crippen LogP contribution is -2.03. The number of benzene rings is 1. The van der Waals surface area contributed by atoms with Crippen LogP contribution in [0.15, 0.2) is 24.3 Å². The molecule has 1 aromatic carbocycles. The third-order valence-electron chi connectivity index (χ3n) is 3.44. The van der Waals surface area contributed by atoms with Crippen LogP contribution < -0.4 is 5.32 Å². The summed E-state index contributed by atoms with van der Waals surface area (Å²) < 4.78 is 0. The van der Waals surface area contributed by atoms with Crippen molar-refractivity contribution < 1.29 is 5.11 Å². The van der Waals surface area contributed by atoms with Gasteiger partial charge in [0, 0.05) is 23.6 Å². The van der Waals surface area contributed by atoms with E-state index < -0.39 is 0 Å². The molecular weight excluding hydrogens is 272 g/mol. The van der Waals surface area contributed by atoms with Crippen molar-refractivity contribution in [3.63, 3.8) is 0 Å². The number of unbranched alkanes of at least 4 members (excludes halogenated alkanes) is 3. The van der Waals surface area contributed by atoms with E-state index in [-0.39, 0.29) is 0 Å². The van der Waals surface area contributed by atoms with Crippen LogP contribution in [0, 0.1) is 6.92 Å². The molecule has 0 aliphatic heterocycles. The lowest BCUT2D eigenvalue weighted by Gasteiger charge is -2.08. The van der Waals surface area contributed by atoms with E-state index in [0.717, 1.165) is 59.5 Å². The van der Waals surface area contributed by atoms with Gasteiger partial charge < -0.3 is 10.4 Å². The van der Waals surface area contributed by atoms with Gasteiger partial charge in [-0.2, -0.15) is 0 Å². The zero-order chi connectivity index (χ0) is 14.4. The minimum atomic E-state index is 0.291. The molecule has 0 radical (unpaired) electrons. The molecule has 1 heterocycles. The van der Waals surface area contributed by atoms with Crippen LogP contribution in [0.5, 0.6) is 0 Å². The average molecular weight is 293 g/mol. The predicted octanol–water partition coefficient (Wildman–Crippen LogP) is 4.16. The fourth-order valence-corrected chi connectivity index (χ4v) is 2.36. The number of nitrogens with zero attached hydrogens (tertiary/aromatic N) is 1. The molecule has 0 atom stereocenters. The SMILES string of the molecule is Cc1c(Cl)ccc2ccc(NCCCCCCO)nc12. The Hall–Kier alpha value is -1.32. The first-order valence-corrected chi connectivity index (χ1v) is 7.51. The molecule has 2 N–H and O–H groups in total. The second-order valence-electron chi connectivity index (χ2n) is 5.01. The van der Waals surface area contributed by atoms with Crippen LogP contribution in [0.25, 0.3) is 10.9 Å². The van der Waals surface area contributed by atoms with Crippen LogP contribution in [0.3, 0.4) is 0 Å². The zero-order valence-corrected chi connectivity index (χ0v) is 12.6. The summed E-state index contributed by atoms with van der Waals surface area (Å²) in [6.07, 6.45) is 4.20. The van der Waals surface area contributed by atoms with E-state index in [9.17, 15) is 0 Å². The van der Waals surface area contributed by atoms with Crippen LogP contribution in [-0.4, -0.2) is 23.2 Å². The van der Waals surface area contributed by atoms with E-state index in [1.54, 1.807) is 0 Å². The molecule has 2 aromatic rings. The van der Waals surface area contributed by atoms with Crippen LogP contribution >= 0.6 is 11.6 Å². The number of aryl methyl sites for hydroxylation is 1. The molecule has 0 saturated carbocycles. The van der Waals surface area contributed by atoms with E-state index in [0.29, 0.717) is 6.61 Å². The molecule has 0 saturated heterocycles. The minimum absolute atomic E-state index is 0.291. The third-order valence-corrected chi connectivity index (χ3v) is 3.85. The molecule has 4 heteroatoms. The Labute approximate surface area is 125 Å². The zero-order valence-electron chi connectivity index (χ0n) is 11.8. The Morgan fingerprint density at radius 2 is 1.85 bits per heavy atom. The van der Waals surface area contributed by atoms with Crippen molar-refractivity contribution in [2.45, 2.75) is 32.6 Å². The average Bonchev–Trinajstić information content (AvgIpc) is 2.47. The van der Waals surface area contributed by atoms with Gasteiger partial charge in [0.25, 0.3) is 0 Å². The first-order chi connectivity index (χ1) is 9.72. The van der Waals surface area contributed by atoms with E-state index in [2.05, 4.69) is 16.4 Å². The molecule has 0 aliphatic rings. The van der Waals surface area contributed by atoms with Gasteiger partial charge >= 0.3 is 0 Å². The van der Waals surface area contributed by atoms with Crippen LogP contribution in [-0.2, 0) is 0 Å². The largest absolute Gasteiger partial charge is 0.396 e. The van der Waals surface area contributed by atoms with Crippen LogP contribution in [0.1, 0.15) is 31.2 Å². The molecule has 2 rings (SSSR count).